The van der Waals surface area contributed by atoms with Crippen molar-refractivity contribution in [3.8, 4) is 0 Å². The molecule has 21 heavy (non-hydrogen) atoms. The minimum atomic E-state index is -0.439. The molecule has 2 unspecified atom stereocenters. The Morgan fingerprint density at radius 2 is 1.86 bits per heavy atom. The van der Waals surface area contributed by atoms with Crippen molar-refractivity contribution in [2.45, 2.75) is 25.5 Å². The fourth-order valence-electron chi connectivity index (χ4n) is 2.34. The Morgan fingerprint density at radius 1 is 1.14 bits per heavy atom. The first-order chi connectivity index (χ1) is 10.1. The first-order valence-electron chi connectivity index (χ1n) is 7.32. The van der Waals surface area contributed by atoms with Crippen LogP contribution in [0.15, 0.2) is 41.1 Å². The highest BCUT2D eigenvalue weighted by Gasteiger charge is 2.13. The summed E-state index contributed by atoms with van der Waals surface area (Å²) >= 11 is 1.62. The maximum atomic E-state index is 10.2. The monoisotopic (exact) mass is 304 g/mol. The van der Waals surface area contributed by atoms with Crippen LogP contribution in [0, 0.1) is 0 Å². The maximum Gasteiger partial charge on any atom is 0.0922 e. The minimum Gasteiger partial charge on any atom is -0.387 e. The zero-order valence-corrected chi connectivity index (χ0v) is 13.7. The van der Waals surface area contributed by atoms with Crippen LogP contribution in [0.4, 0.5) is 5.69 Å². The maximum absolute atomic E-state index is 10.2. The van der Waals surface area contributed by atoms with Gasteiger partial charge >= 0.3 is 0 Å². The van der Waals surface area contributed by atoms with E-state index in [0.29, 0.717) is 6.54 Å². The van der Waals surface area contributed by atoms with Crippen LogP contribution in [-0.4, -0.2) is 25.7 Å². The molecule has 0 saturated heterocycles. The van der Waals surface area contributed by atoms with Gasteiger partial charge in [-0.25, -0.2) is 0 Å². The number of anilines is 1. The molecule has 0 fully saturated rings. The molecule has 2 rings (SSSR count). The summed E-state index contributed by atoms with van der Waals surface area (Å²) in [6.07, 6.45) is 0.559. The molecule has 0 aliphatic rings. The zero-order chi connectivity index (χ0) is 15.2. The summed E-state index contributed by atoms with van der Waals surface area (Å²) in [6.45, 7) is 2.74. The molecule has 2 aromatic rings. The number of hydrogen-bond acceptors (Lipinski definition) is 4. The van der Waals surface area contributed by atoms with E-state index >= 15 is 0 Å². The molecule has 0 amide bonds. The number of thiophene rings is 1. The third-order valence-corrected chi connectivity index (χ3v) is 4.41. The van der Waals surface area contributed by atoms with Crippen molar-refractivity contribution in [1.82, 2.24) is 5.32 Å². The molecule has 1 heterocycles. The Kier molecular flexibility index (Phi) is 5.79. The number of benzene rings is 1. The van der Waals surface area contributed by atoms with Gasteiger partial charge in [-0.1, -0.05) is 19.1 Å². The van der Waals surface area contributed by atoms with Gasteiger partial charge in [-0.05, 0) is 46.5 Å². The lowest BCUT2D eigenvalue weighted by Gasteiger charge is -2.21. The normalized spacial score (nSPS) is 13.9. The highest BCUT2D eigenvalue weighted by molar-refractivity contribution is 7.07. The smallest absolute Gasteiger partial charge is 0.0922 e. The number of aliphatic hydroxyl groups excluding tert-OH is 1. The third-order valence-electron chi connectivity index (χ3n) is 3.71. The molecule has 0 radical (unpaired) electrons. The van der Waals surface area contributed by atoms with E-state index in [1.807, 2.05) is 30.9 Å². The van der Waals surface area contributed by atoms with Crippen LogP contribution in [0.1, 0.15) is 36.6 Å². The average Bonchev–Trinajstić information content (AvgIpc) is 3.02. The van der Waals surface area contributed by atoms with Crippen molar-refractivity contribution in [3.63, 3.8) is 0 Å². The molecule has 0 aliphatic heterocycles. The predicted octanol–water partition coefficient (Wildman–Crippen LogP) is 3.59. The second kappa shape index (κ2) is 7.59. The lowest BCUT2D eigenvalue weighted by atomic mass is 10.0. The van der Waals surface area contributed by atoms with Gasteiger partial charge in [-0.15, -0.1) is 0 Å². The summed E-state index contributed by atoms with van der Waals surface area (Å²) in [5.41, 5.74) is 3.46. The summed E-state index contributed by atoms with van der Waals surface area (Å²) in [5, 5.41) is 17.6. The fraction of sp³-hybridized carbons (Fsp3) is 0.412. The average molecular weight is 304 g/mol. The molecule has 3 nitrogen and oxygen atoms in total. The highest BCUT2D eigenvalue weighted by Crippen LogP contribution is 2.22. The minimum absolute atomic E-state index is 0.273. The summed E-state index contributed by atoms with van der Waals surface area (Å²) < 4.78 is 0. The summed E-state index contributed by atoms with van der Waals surface area (Å²) in [7, 11) is 4.09. The van der Waals surface area contributed by atoms with Crippen molar-refractivity contribution >= 4 is 17.0 Å². The van der Waals surface area contributed by atoms with Crippen molar-refractivity contribution in [2.75, 3.05) is 25.5 Å². The van der Waals surface area contributed by atoms with Crippen LogP contribution in [0.5, 0.6) is 0 Å². The van der Waals surface area contributed by atoms with Crippen molar-refractivity contribution in [3.05, 3.63) is 52.2 Å². The van der Waals surface area contributed by atoms with Gasteiger partial charge in [0, 0.05) is 32.4 Å². The first-order valence-corrected chi connectivity index (χ1v) is 8.27. The topological polar surface area (TPSA) is 35.5 Å². The Labute approximate surface area is 131 Å². The van der Waals surface area contributed by atoms with Gasteiger partial charge in [0.15, 0.2) is 0 Å². The molecule has 0 saturated carbocycles. The molecule has 4 heteroatoms. The summed E-state index contributed by atoms with van der Waals surface area (Å²) in [4.78, 5) is 2.10. The van der Waals surface area contributed by atoms with E-state index in [4.69, 9.17) is 0 Å². The largest absolute Gasteiger partial charge is 0.387 e. The standard InChI is InChI=1S/C17H24N2OS/c1-4-16(13-5-7-15(8-6-13)19(2)3)18-11-17(20)14-9-10-21-12-14/h5-10,12,16-18,20H,4,11H2,1-3H3. The first kappa shape index (κ1) is 16.0. The Bertz CT molecular complexity index is 522. The molecule has 0 aliphatic carbocycles. The highest BCUT2D eigenvalue weighted by atomic mass is 32.1. The quantitative estimate of drug-likeness (QED) is 0.820. The number of rotatable bonds is 7. The van der Waals surface area contributed by atoms with Gasteiger partial charge in [-0.2, -0.15) is 11.3 Å². The SMILES string of the molecule is CCC(NCC(O)c1ccsc1)c1ccc(N(C)C)cc1. The molecule has 2 N–H and O–H groups in total. The summed E-state index contributed by atoms with van der Waals surface area (Å²) in [6, 6.07) is 10.8. The second-order valence-corrected chi connectivity index (χ2v) is 6.21. The molecule has 1 aromatic heterocycles. The number of nitrogens with zero attached hydrogens (tertiary/aromatic N) is 1. The number of nitrogens with one attached hydrogen (secondary N) is 1. The second-order valence-electron chi connectivity index (χ2n) is 5.43. The lowest BCUT2D eigenvalue weighted by Crippen LogP contribution is -2.26. The van der Waals surface area contributed by atoms with Gasteiger partial charge in [0.2, 0.25) is 0 Å². The van der Waals surface area contributed by atoms with E-state index in [0.717, 1.165) is 12.0 Å². The van der Waals surface area contributed by atoms with Gasteiger partial charge in [0.25, 0.3) is 0 Å². The van der Waals surface area contributed by atoms with Crippen LogP contribution in [0.3, 0.4) is 0 Å². The number of hydrogen-bond donors (Lipinski definition) is 2. The molecule has 0 spiro atoms. The zero-order valence-electron chi connectivity index (χ0n) is 12.9. The van der Waals surface area contributed by atoms with Crippen molar-refractivity contribution in [2.24, 2.45) is 0 Å². The van der Waals surface area contributed by atoms with Gasteiger partial charge in [0.1, 0.15) is 0 Å². The van der Waals surface area contributed by atoms with Crippen LogP contribution in [-0.2, 0) is 0 Å². The molecule has 1 aromatic carbocycles. The van der Waals surface area contributed by atoms with Gasteiger partial charge in [-0.3, -0.25) is 0 Å². The molecular weight excluding hydrogens is 280 g/mol. The van der Waals surface area contributed by atoms with Crippen LogP contribution in [0.2, 0.25) is 0 Å². The van der Waals surface area contributed by atoms with Gasteiger partial charge < -0.3 is 15.3 Å². The van der Waals surface area contributed by atoms with E-state index < -0.39 is 6.10 Å². The molecular formula is C17H24N2OS. The van der Waals surface area contributed by atoms with Crippen LogP contribution < -0.4 is 10.2 Å². The lowest BCUT2D eigenvalue weighted by molar-refractivity contribution is 0.170. The van der Waals surface area contributed by atoms with E-state index in [1.54, 1.807) is 11.3 Å². The number of aliphatic hydroxyl groups is 1. The van der Waals surface area contributed by atoms with Gasteiger partial charge in [0.05, 0.1) is 6.10 Å². The Balaban J connectivity index is 1.96. The van der Waals surface area contributed by atoms with Crippen molar-refractivity contribution < 1.29 is 5.11 Å². The predicted molar refractivity (Wildman–Crippen MR) is 91.1 cm³/mol. The van der Waals surface area contributed by atoms with Crippen LogP contribution >= 0.6 is 11.3 Å². The molecule has 2 atom stereocenters. The Morgan fingerprint density at radius 3 is 2.38 bits per heavy atom. The molecule has 114 valence electrons. The third kappa shape index (κ3) is 4.30. The van der Waals surface area contributed by atoms with Crippen LogP contribution in [0.25, 0.3) is 0 Å². The summed E-state index contributed by atoms with van der Waals surface area (Å²) in [5.74, 6) is 0. The van der Waals surface area contributed by atoms with E-state index in [9.17, 15) is 5.11 Å². The Hall–Kier alpha value is -1.36. The molecule has 0 bridgehead atoms. The van der Waals surface area contributed by atoms with E-state index in [2.05, 4.69) is 41.4 Å². The van der Waals surface area contributed by atoms with E-state index in [-0.39, 0.29) is 6.04 Å². The van der Waals surface area contributed by atoms with Crippen molar-refractivity contribution in [1.29, 1.82) is 0 Å². The fourth-order valence-corrected chi connectivity index (χ4v) is 3.05. The van der Waals surface area contributed by atoms with E-state index in [1.165, 1.54) is 11.3 Å².